The number of sulfonamides is 1. The fourth-order valence-corrected chi connectivity index (χ4v) is 5.30. The Bertz CT molecular complexity index is 834. The third-order valence-corrected chi connectivity index (χ3v) is 7.25. The normalized spacial score (nSPS) is 16.6. The summed E-state index contributed by atoms with van der Waals surface area (Å²) in [6.45, 7) is 7.03. The first-order valence-corrected chi connectivity index (χ1v) is 10.7. The van der Waals surface area contributed by atoms with Gasteiger partial charge < -0.3 is 9.64 Å². The molecule has 8 heteroatoms. The molecule has 0 saturated carbocycles. The highest BCUT2D eigenvalue weighted by Crippen LogP contribution is 2.22. The van der Waals surface area contributed by atoms with Gasteiger partial charge in [-0.3, -0.25) is 5.10 Å². The minimum atomic E-state index is -3.47. The van der Waals surface area contributed by atoms with Crippen molar-refractivity contribution in [2.45, 2.75) is 31.6 Å². The summed E-state index contributed by atoms with van der Waals surface area (Å²) in [7, 11) is -1.80. The summed E-state index contributed by atoms with van der Waals surface area (Å²) in [5, 5.41) is 6.79. The molecule has 2 heterocycles. The van der Waals surface area contributed by atoms with Gasteiger partial charge in [0.1, 0.15) is 10.6 Å². The maximum atomic E-state index is 12.9. The van der Waals surface area contributed by atoms with Gasteiger partial charge in [-0.1, -0.05) is 12.1 Å². The first kappa shape index (κ1) is 19.9. The molecule has 0 amide bonds. The molecule has 1 N–H and O–H groups in total. The van der Waals surface area contributed by atoms with Crippen LogP contribution in [0.1, 0.15) is 23.4 Å². The van der Waals surface area contributed by atoms with Gasteiger partial charge in [0.25, 0.3) is 0 Å². The van der Waals surface area contributed by atoms with E-state index in [1.54, 1.807) is 25.3 Å². The smallest absolute Gasteiger partial charge is 0.246 e. The largest absolute Gasteiger partial charge is 0.497 e. The van der Waals surface area contributed by atoms with Crippen LogP contribution in [-0.4, -0.2) is 67.7 Å². The average Bonchev–Trinajstić information content (AvgIpc) is 3.02. The molecule has 3 rings (SSSR count). The van der Waals surface area contributed by atoms with E-state index in [-0.39, 0.29) is 0 Å². The average molecular weight is 393 g/mol. The van der Waals surface area contributed by atoms with Gasteiger partial charge in [0.2, 0.25) is 10.0 Å². The molecule has 0 aliphatic carbocycles. The molecule has 1 aromatic carbocycles. The number of aryl methyl sites for hydroxylation is 3. The van der Waals surface area contributed by atoms with Gasteiger partial charge in [-0.2, -0.15) is 9.40 Å². The van der Waals surface area contributed by atoms with Crippen LogP contribution in [-0.2, 0) is 16.4 Å². The predicted octanol–water partition coefficient (Wildman–Crippen LogP) is 1.97. The number of nitrogens with one attached hydrogen (secondary N) is 1. The Labute approximate surface area is 161 Å². The summed E-state index contributed by atoms with van der Waals surface area (Å²) in [5.74, 6) is 0.874. The molecule has 0 spiro atoms. The van der Waals surface area contributed by atoms with Crippen molar-refractivity contribution in [3.63, 3.8) is 0 Å². The van der Waals surface area contributed by atoms with Gasteiger partial charge in [-0.05, 0) is 50.9 Å². The fraction of sp³-hybridized carbons (Fsp3) is 0.526. The molecule has 0 bridgehead atoms. The Morgan fingerprint density at radius 3 is 2.33 bits per heavy atom. The number of benzene rings is 1. The predicted molar refractivity (Wildman–Crippen MR) is 105 cm³/mol. The standard InChI is InChI=1S/C19H28N4O3S/c1-15-19(16(2)21-20-15)27(24,25)23-13-11-22(12-14-23)10-4-5-17-6-8-18(26-3)9-7-17/h6-9H,4-5,10-14H2,1-3H3,(H,20,21). The SMILES string of the molecule is COc1ccc(CCCN2CCN(S(=O)(=O)c3c(C)n[nH]c3C)CC2)cc1. The zero-order valence-electron chi connectivity index (χ0n) is 16.2. The van der Waals surface area contributed by atoms with E-state index in [1.807, 2.05) is 12.1 Å². The molecule has 1 aliphatic heterocycles. The lowest BCUT2D eigenvalue weighted by atomic mass is 10.1. The van der Waals surface area contributed by atoms with Crippen LogP contribution in [0.4, 0.5) is 0 Å². The number of hydrogen-bond acceptors (Lipinski definition) is 5. The lowest BCUT2D eigenvalue weighted by Crippen LogP contribution is -2.48. The Kier molecular flexibility index (Phi) is 6.18. The number of aromatic nitrogens is 2. The van der Waals surface area contributed by atoms with Crippen LogP contribution in [0.15, 0.2) is 29.2 Å². The second-order valence-corrected chi connectivity index (χ2v) is 8.84. The van der Waals surface area contributed by atoms with Crippen molar-refractivity contribution in [2.75, 3.05) is 39.8 Å². The molecule has 7 nitrogen and oxygen atoms in total. The van der Waals surface area contributed by atoms with Crippen LogP contribution in [0.5, 0.6) is 5.75 Å². The summed E-state index contributed by atoms with van der Waals surface area (Å²) < 4.78 is 32.5. The van der Waals surface area contributed by atoms with Crippen LogP contribution in [0.2, 0.25) is 0 Å². The quantitative estimate of drug-likeness (QED) is 0.779. The highest BCUT2D eigenvalue weighted by molar-refractivity contribution is 7.89. The number of hydrogen-bond donors (Lipinski definition) is 1. The number of H-pyrrole nitrogens is 1. The highest BCUT2D eigenvalue weighted by atomic mass is 32.2. The summed E-state index contributed by atoms with van der Waals surface area (Å²) in [5.41, 5.74) is 2.44. The summed E-state index contributed by atoms with van der Waals surface area (Å²) >= 11 is 0. The second-order valence-electron chi connectivity index (χ2n) is 6.96. The first-order valence-electron chi connectivity index (χ1n) is 9.29. The molecule has 0 radical (unpaired) electrons. The number of nitrogens with zero attached hydrogens (tertiary/aromatic N) is 3. The third kappa shape index (κ3) is 4.51. The van der Waals surface area contributed by atoms with Crippen molar-refractivity contribution in [2.24, 2.45) is 0 Å². The molecule has 1 aromatic heterocycles. The lowest BCUT2D eigenvalue weighted by Gasteiger charge is -2.34. The van der Waals surface area contributed by atoms with Gasteiger partial charge >= 0.3 is 0 Å². The molecular formula is C19H28N4O3S. The first-order chi connectivity index (χ1) is 12.9. The van der Waals surface area contributed by atoms with Gasteiger partial charge in [-0.15, -0.1) is 0 Å². The fourth-order valence-electron chi connectivity index (χ4n) is 3.54. The van der Waals surface area contributed by atoms with E-state index < -0.39 is 10.0 Å². The zero-order valence-corrected chi connectivity index (χ0v) is 17.1. The lowest BCUT2D eigenvalue weighted by molar-refractivity contribution is 0.186. The van der Waals surface area contributed by atoms with E-state index in [4.69, 9.17) is 4.74 Å². The van der Waals surface area contributed by atoms with Crippen molar-refractivity contribution >= 4 is 10.0 Å². The van der Waals surface area contributed by atoms with Crippen molar-refractivity contribution in [3.05, 3.63) is 41.2 Å². The van der Waals surface area contributed by atoms with Crippen molar-refractivity contribution < 1.29 is 13.2 Å². The summed E-state index contributed by atoms with van der Waals surface area (Å²) in [6, 6.07) is 8.16. The van der Waals surface area contributed by atoms with Crippen LogP contribution in [0.25, 0.3) is 0 Å². The van der Waals surface area contributed by atoms with Crippen LogP contribution in [0.3, 0.4) is 0 Å². The Hall–Kier alpha value is -1.90. The van der Waals surface area contributed by atoms with Gasteiger partial charge in [0.15, 0.2) is 0 Å². The van der Waals surface area contributed by atoms with E-state index in [0.717, 1.165) is 38.2 Å². The van der Waals surface area contributed by atoms with Crippen molar-refractivity contribution in [1.29, 1.82) is 0 Å². The van der Waals surface area contributed by atoms with E-state index >= 15 is 0 Å². The number of piperazine rings is 1. The van der Waals surface area contributed by atoms with E-state index in [2.05, 4.69) is 27.2 Å². The van der Waals surface area contributed by atoms with Gasteiger partial charge in [-0.25, -0.2) is 8.42 Å². The molecular weight excluding hydrogens is 364 g/mol. The maximum absolute atomic E-state index is 12.9. The Morgan fingerprint density at radius 1 is 1.11 bits per heavy atom. The zero-order chi connectivity index (χ0) is 19.4. The molecule has 2 aromatic rings. The van der Waals surface area contributed by atoms with Crippen LogP contribution in [0, 0.1) is 13.8 Å². The topological polar surface area (TPSA) is 78.5 Å². The number of ether oxygens (including phenoxy) is 1. The van der Waals surface area contributed by atoms with E-state index in [1.165, 1.54) is 5.56 Å². The Morgan fingerprint density at radius 2 is 1.78 bits per heavy atom. The third-order valence-electron chi connectivity index (χ3n) is 5.09. The van der Waals surface area contributed by atoms with Crippen LogP contribution < -0.4 is 4.74 Å². The minimum Gasteiger partial charge on any atom is -0.497 e. The minimum absolute atomic E-state index is 0.329. The highest BCUT2D eigenvalue weighted by Gasteiger charge is 2.31. The van der Waals surface area contributed by atoms with Crippen molar-refractivity contribution in [3.8, 4) is 5.75 Å². The molecule has 148 valence electrons. The molecule has 1 aliphatic rings. The van der Waals surface area contributed by atoms with Gasteiger partial charge in [0.05, 0.1) is 18.5 Å². The van der Waals surface area contributed by atoms with Gasteiger partial charge in [0, 0.05) is 26.2 Å². The van der Waals surface area contributed by atoms with Crippen LogP contribution >= 0.6 is 0 Å². The summed E-state index contributed by atoms with van der Waals surface area (Å²) in [4.78, 5) is 2.67. The molecule has 27 heavy (non-hydrogen) atoms. The number of rotatable bonds is 7. The molecule has 1 fully saturated rings. The molecule has 0 unspecified atom stereocenters. The van der Waals surface area contributed by atoms with Crippen molar-refractivity contribution in [1.82, 2.24) is 19.4 Å². The monoisotopic (exact) mass is 392 g/mol. The Balaban J connectivity index is 1.48. The summed E-state index contributed by atoms with van der Waals surface area (Å²) in [6.07, 6.45) is 2.06. The number of methoxy groups -OCH3 is 1. The number of aromatic amines is 1. The van der Waals surface area contributed by atoms with E-state index in [9.17, 15) is 8.42 Å². The van der Waals surface area contributed by atoms with E-state index in [0.29, 0.717) is 29.4 Å². The molecule has 1 saturated heterocycles. The molecule has 0 atom stereocenters. The second kappa shape index (κ2) is 8.41. The maximum Gasteiger partial charge on any atom is 0.246 e.